The molecule has 0 radical (unpaired) electrons. The van der Waals surface area contributed by atoms with Gasteiger partial charge in [0.15, 0.2) is 0 Å². The van der Waals surface area contributed by atoms with Crippen molar-refractivity contribution in [3.8, 4) is 0 Å². The van der Waals surface area contributed by atoms with E-state index in [2.05, 4.69) is 46.4 Å². The number of hydrogen-bond acceptors (Lipinski definition) is 1. The second-order valence-corrected chi connectivity index (χ2v) is 4.07. The van der Waals surface area contributed by atoms with E-state index in [0.717, 1.165) is 12.3 Å². The maximum Gasteiger partial charge on any atom is -0.0201 e. The van der Waals surface area contributed by atoms with E-state index in [1.54, 1.807) is 0 Å². The van der Waals surface area contributed by atoms with Gasteiger partial charge in [0.2, 0.25) is 0 Å². The summed E-state index contributed by atoms with van der Waals surface area (Å²) in [6.45, 7) is 8.78. The maximum atomic E-state index is 4.37. The van der Waals surface area contributed by atoms with Gasteiger partial charge in [-0.15, -0.1) is 12.6 Å². The molecule has 10 heavy (non-hydrogen) atoms. The first-order valence-electron chi connectivity index (χ1n) is 3.92. The molecule has 0 unspecified atom stereocenters. The first kappa shape index (κ1) is 10.1. The number of allylic oxidation sites excluding steroid dienone is 2. The van der Waals surface area contributed by atoms with Crippen LogP contribution in [0.1, 0.15) is 34.1 Å². The summed E-state index contributed by atoms with van der Waals surface area (Å²) in [6, 6.07) is 0. The Balaban J connectivity index is 3.71. The molecule has 0 aliphatic rings. The molecule has 0 amide bonds. The molecule has 0 saturated heterocycles. The normalized spacial score (nSPS) is 13.3. The van der Waals surface area contributed by atoms with Crippen LogP contribution in [-0.4, -0.2) is 0 Å². The zero-order valence-electron chi connectivity index (χ0n) is 7.39. The van der Waals surface area contributed by atoms with Crippen LogP contribution in [0, 0.1) is 11.8 Å². The lowest BCUT2D eigenvalue weighted by Gasteiger charge is -2.04. The van der Waals surface area contributed by atoms with Crippen molar-refractivity contribution in [1.82, 2.24) is 0 Å². The number of rotatable bonds is 3. The van der Waals surface area contributed by atoms with E-state index in [1.807, 2.05) is 0 Å². The van der Waals surface area contributed by atoms with Crippen molar-refractivity contribution in [2.24, 2.45) is 11.8 Å². The largest absolute Gasteiger partial charge is 0.148 e. The average molecular weight is 158 g/mol. The Hall–Kier alpha value is 0.0900. The van der Waals surface area contributed by atoms with Crippen molar-refractivity contribution in [2.75, 3.05) is 0 Å². The number of hydrogen-bond donors (Lipinski definition) is 1. The monoisotopic (exact) mass is 158 g/mol. The molecule has 0 spiro atoms. The zero-order chi connectivity index (χ0) is 8.15. The Morgan fingerprint density at radius 1 is 1.30 bits per heavy atom. The molecule has 0 bridgehead atoms. The SMILES string of the molecule is CC(C)/C=C(\S)CC(C)C. The molecule has 0 aromatic heterocycles. The van der Waals surface area contributed by atoms with E-state index >= 15 is 0 Å². The molecule has 0 nitrogen and oxygen atoms in total. The molecule has 0 atom stereocenters. The Labute approximate surface area is 70.1 Å². The highest BCUT2D eigenvalue weighted by Crippen LogP contribution is 2.15. The highest BCUT2D eigenvalue weighted by molar-refractivity contribution is 7.84. The van der Waals surface area contributed by atoms with Crippen molar-refractivity contribution in [3.63, 3.8) is 0 Å². The minimum atomic E-state index is 0.631. The van der Waals surface area contributed by atoms with Crippen LogP contribution < -0.4 is 0 Å². The minimum Gasteiger partial charge on any atom is -0.148 e. The van der Waals surface area contributed by atoms with Crippen LogP contribution in [0.4, 0.5) is 0 Å². The molecule has 0 fully saturated rings. The molecular formula is C9H18S. The highest BCUT2D eigenvalue weighted by atomic mass is 32.1. The third-order valence-electron chi connectivity index (χ3n) is 1.14. The molecule has 1 heteroatoms. The summed E-state index contributed by atoms with van der Waals surface area (Å²) >= 11 is 4.37. The van der Waals surface area contributed by atoms with Crippen LogP contribution in [0.25, 0.3) is 0 Å². The van der Waals surface area contributed by atoms with E-state index in [9.17, 15) is 0 Å². The fraction of sp³-hybridized carbons (Fsp3) is 0.778. The molecule has 0 aromatic carbocycles. The topological polar surface area (TPSA) is 0 Å². The van der Waals surface area contributed by atoms with Crippen molar-refractivity contribution < 1.29 is 0 Å². The first-order chi connectivity index (χ1) is 4.52. The van der Waals surface area contributed by atoms with Crippen LogP contribution in [0.3, 0.4) is 0 Å². The second kappa shape index (κ2) is 4.84. The second-order valence-electron chi connectivity index (χ2n) is 3.50. The lowest BCUT2D eigenvalue weighted by molar-refractivity contribution is 0.653. The van der Waals surface area contributed by atoms with Gasteiger partial charge in [-0.1, -0.05) is 33.8 Å². The molecule has 60 valence electrons. The summed E-state index contributed by atoms with van der Waals surface area (Å²) in [5.74, 6) is 1.36. The summed E-state index contributed by atoms with van der Waals surface area (Å²) in [5.41, 5.74) is 0. The van der Waals surface area contributed by atoms with Crippen molar-refractivity contribution in [3.05, 3.63) is 11.0 Å². The Morgan fingerprint density at radius 3 is 2.10 bits per heavy atom. The van der Waals surface area contributed by atoms with Crippen LogP contribution in [0.5, 0.6) is 0 Å². The fourth-order valence-corrected chi connectivity index (χ4v) is 1.53. The van der Waals surface area contributed by atoms with Crippen molar-refractivity contribution in [2.45, 2.75) is 34.1 Å². The molecule has 0 N–H and O–H groups in total. The standard InChI is InChI=1S/C9H18S/c1-7(2)5-9(10)6-8(3)4/h5,7-8,10H,6H2,1-4H3/b9-5-. The van der Waals surface area contributed by atoms with Gasteiger partial charge in [-0.25, -0.2) is 0 Å². The minimum absolute atomic E-state index is 0.631. The average Bonchev–Trinajstić information content (AvgIpc) is 1.58. The van der Waals surface area contributed by atoms with Gasteiger partial charge in [0.05, 0.1) is 0 Å². The van der Waals surface area contributed by atoms with E-state index in [4.69, 9.17) is 0 Å². The number of thiol groups is 1. The summed E-state index contributed by atoms with van der Waals surface area (Å²) in [6.07, 6.45) is 3.32. The molecular weight excluding hydrogens is 140 g/mol. The molecule has 0 saturated carbocycles. The summed E-state index contributed by atoms with van der Waals surface area (Å²) in [4.78, 5) is 1.23. The third-order valence-corrected chi connectivity index (χ3v) is 1.47. The Bertz CT molecular complexity index is 112. The Kier molecular flexibility index (Phi) is 4.88. The van der Waals surface area contributed by atoms with Crippen molar-refractivity contribution >= 4 is 12.6 Å². The summed E-state index contributed by atoms with van der Waals surface area (Å²) < 4.78 is 0. The van der Waals surface area contributed by atoms with Crippen LogP contribution in [-0.2, 0) is 0 Å². The van der Waals surface area contributed by atoms with Gasteiger partial charge < -0.3 is 0 Å². The molecule has 0 aromatic rings. The predicted molar refractivity (Wildman–Crippen MR) is 51.4 cm³/mol. The van der Waals surface area contributed by atoms with Crippen LogP contribution >= 0.6 is 12.6 Å². The van der Waals surface area contributed by atoms with Crippen LogP contribution in [0.15, 0.2) is 11.0 Å². The maximum absolute atomic E-state index is 4.37. The Morgan fingerprint density at radius 2 is 1.80 bits per heavy atom. The highest BCUT2D eigenvalue weighted by Gasteiger charge is 1.96. The lowest BCUT2D eigenvalue weighted by Crippen LogP contribution is -1.88. The predicted octanol–water partition coefficient (Wildman–Crippen LogP) is 3.50. The lowest BCUT2D eigenvalue weighted by atomic mass is 10.1. The summed E-state index contributed by atoms with van der Waals surface area (Å²) in [5, 5.41) is 0. The van der Waals surface area contributed by atoms with Gasteiger partial charge >= 0.3 is 0 Å². The molecule has 0 aliphatic heterocycles. The van der Waals surface area contributed by atoms with Gasteiger partial charge in [-0.2, -0.15) is 0 Å². The smallest absolute Gasteiger partial charge is 0.0201 e. The van der Waals surface area contributed by atoms with E-state index < -0.39 is 0 Å². The van der Waals surface area contributed by atoms with Gasteiger partial charge in [-0.05, 0) is 23.2 Å². The van der Waals surface area contributed by atoms with Gasteiger partial charge in [-0.3, -0.25) is 0 Å². The quantitative estimate of drug-likeness (QED) is 0.597. The van der Waals surface area contributed by atoms with Crippen LogP contribution in [0.2, 0.25) is 0 Å². The molecule has 0 heterocycles. The van der Waals surface area contributed by atoms with Gasteiger partial charge in [0.1, 0.15) is 0 Å². The molecule has 0 aliphatic carbocycles. The summed E-state index contributed by atoms with van der Waals surface area (Å²) in [7, 11) is 0. The first-order valence-corrected chi connectivity index (χ1v) is 4.36. The third kappa shape index (κ3) is 6.21. The van der Waals surface area contributed by atoms with Gasteiger partial charge in [0, 0.05) is 0 Å². The van der Waals surface area contributed by atoms with Crippen molar-refractivity contribution in [1.29, 1.82) is 0 Å². The van der Waals surface area contributed by atoms with Gasteiger partial charge in [0.25, 0.3) is 0 Å². The van der Waals surface area contributed by atoms with E-state index in [1.165, 1.54) is 4.91 Å². The molecule has 0 rings (SSSR count). The zero-order valence-corrected chi connectivity index (χ0v) is 8.28. The fourth-order valence-electron chi connectivity index (χ4n) is 0.871. The van der Waals surface area contributed by atoms with E-state index in [0.29, 0.717) is 5.92 Å². The van der Waals surface area contributed by atoms with E-state index in [-0.39, 0.29) is 0 Å².